The Morgan fingerprint density at radius 1 is 1.19 bits per heavy atom. The number of hydrogen-bond acceptors (Lipinski definition) is 4. The van der Waals surface area contributed by atoms with Gasteiger partial charge in [0, 0.05) is 45.9 Å². The minimum Gasteiger partial charge on any atom is -0.366 e. The standard InChI is InChI=1S/C26H23N3O2S/c1-26(2)23(14-30)29(9-7-16-8-10-32-15-16)22-12-17(25(27)31)11-19(24(22)26)20-13-28-21-6-4-3-5-18(20)21/h3-6,8,10-13,15,28H,7,9H2,1-2H3,(H2,27,31). The summed E-state index contributed by atoms with van der Waals surface area (Å²) in [7, 11) is 0. The van der Waals surface area contributed by atoms with Gasteiger partial charge in [0.15, 0.2) is 0 Å². The number of fused-ring (bicyclic) bond motifs is 2. The molecular weight excluding hydrogens is 418 g/mol. The number of allylic oxidation sites excluding steroid dienone is 1. The van der Waals surface area contributed by atoms with Crippen LogP contribution in [0.1, 0.15) is 35.3 Å². The number of hydrogen-bond donors (Lipinski definition) is 2. The number of anilines is 1. The lowest BCUT2D eigenvalue weighted by Gasteiger charge is -2.23. The quantitative estimate of drug-likeness (QED) is 0.425. The molecule has 0 aliphatic carbocycles. The lowest BCUT2D eigenvalue weighted by atomic mass is 9.79. The molecule has 4 aromatic rings. The highest BCUT2D eigenvalue weighted by Gasteiger charge is 2.44. The van der Waals surface area contributed by atoms with E-state index in [-0.39, 0.29) is 0 Å². The van der Waals surface area contributed by atoms with Gasteiger partial charge in [-0.2, -0.15) is 11.3 Å². The average Bonchev–Trinajstić information content (AvgIpc) is 3.49. The molecule has 5 rings (SSSR count). The van der Waals surface area contributed by atoms with E-state index >= 15 is 0 Å². The van der Waals surface area contributed by atoms with E-state index in [2.05, 4.69) is 28.4 Å². The number of thiophene rings is 1. The van der Waals surface area contributed by atoms with Crippen LogP contribution in [0.15, 0.2) is 65.1 Å². The number of nitrogens with zero attached hydrogens (tertiary/aromatic N) is 1. The summed E-state index contributed by atoms with van der Waals surface area (Å²) in [5, 5.41) is 5.22. The summed E-state index contributed by atoms with van der Waals surface area (Å²) in [4.78, 5) is 29.8. The van der Waals surface area contributed by atoms with Gasteiger partial charge in [0.2, 0.25) is 5.91 Å². The van der Waals surface area contributed by atoms with E-state index in [1.54, 1.807) is 11.3 Å². The molecule has 2 aromatic carbocycles. The molecule has 0 unspecified atom stereocenters. The number of aromatic nitrogens is 1. The minimum atomic E-state index is -0.574. The van der Waals surface area contributed by atoms with Crippen molar-refractivity contribution in [2.24, 2.45) is 5.73 Å². The Labute approximate surface area is 190 Å². The van der Waals surface area contributed by atoms with Crippen LogP contribution in [0.4, 0.5) is 5.69 Å². The summed E-state index contributed by atoms with van der Waals surface area (Å²) in [5.41, 5.74) is 12.1. The van der Waals surface area contributed by atoms with Crippen molar-refractivity contribution < 1.29 is 9.59 Å². The van der Waals surface area contributed by atoms with Crippen molar-refractivity contribution in [1.29, 1.82) is 0 Å². The van der Waals surface area contributed by atoms with Gasteiger partial charge in [0.25, 0.3) is 0 Å². The Bertz CT molecular complexity index is 1390. The molecule has 0 atom stereocenters. The largest absolute Gasteiger partial charge is 0.366 e. The third-order valence-corrected chi connectivity index (χ3v) is 7.09. The number of nitrogens with two attached hydrogens (primary N) is 1. The lowest BCUT2D eigenvalue weighted by molar-refractivity contribution is 0.100. The molecule has 3 heterocycles. The maximum atomic E-state index is 12.3. The number of carbonyl (C=O) groups excluding carboxylic acids is 2. The number of H-pyrrole nitrogens is 1. The van der Waals surface area contributed by atoms with Crippen molar-refractivity contribution in [3.63, 3.8) is 0 Å². The Morgan fingerprint density at radius 2 is 2.00 bits per heavy atom. The third-order valence-electron chi connectivity index (χ3n) is 6.36. The van der Waals surface area contributed by atoms with Crippen LogP contribution in [0.25, 0.3) is 22.0 Å². The normalized spacial score (nSPS) is 14.6. The Hall–Kier alpha value is -3.60. The van der Waals surface area contributed by atoms with Crippen molar-refractivity contribution in [1.82, 2.24) is 4.98 Å². The second kappa shape index (κ2) is 7.52. The van der Waals surface area contributed by atoms with Crippen molar-refractivity contribution in [2.45, 2.75) is 25.7 Å². The molecule has 1 amide bonds. The number of rotatable bonds is 5. The molecule has 6 heteroatoms. The van der Waals surface area contributed by atoms with Crippen LogP contribution in [0.3, 0.4) is 0 Å². The molecular formula is C26H23N3O2S. The number of para-hydroxylation sites is 1. The monoisotopic (exact) mass is 441 g/mol. The molecule has 0 radical (unpaired) electrons. The van der Waals surface area contributed by atoms with Crippen LogP contribution in [0.2, 0.25) is 0 Å². The zero-order valence-corrected chi connectivity index (χ0v) is 18.8. The fourth-order valence-electron chi connectivity index (χ4n) is 4.81. The lowest BCUT2D eigenvalue weighted by Crippen LogP contribution is -2.28. The number of carbonyl (C=O) groups is 1. The molecule has 32 heavy (non-hydrogen) atoms. The van der Waals surface area contributed by atoms with Crippen LogP contribution in [-0.2, 0) is 16.6 Å². The van der Waals surface area contributed by atoms with Crippen LogP contribution >= 0.6 is 11.3 Å². The van der Waals surface area contributed by atoms with Gasteiger partial charge in [-0.15, -0.1) is 0 Å². The third kappa shape index (κ3) is 3.08. The van der Waals surface area contributed by atoms with Gasteiger partial charge in [0.05, 0.1) is 0 Å². The number of primary amides is 1. The fraction of sp³-hybridized carbons (Fsp3) is 0.192. The second-order valence-electron chi connectivity index (χ2n) is 8.64. The summed E-state index contributed by atoms with van der Waals surface area (Å²) in [6.07, 6.45) is 2.74. The average molecular weight is 442 g/mol. The number of amides is 1. The Morgan fingerprint density at radius 3 is 2.72 bits per heavy atom. The van der Waals surface area contributed by atoms with Gasteiger partial charge < -0.3 is 15.6 Å². The van der Waals surface area contributed by atoms with E-state index in [9.17, 15) is 9.59 Å². The Kier molecular flexibility index (Phi) is 4.77. The molecule has 2 aromatic heterocycles. The van der Waals surface area contributed by atoms with Crippen molar-refractivity contribution in [2.75, 3.05) is 11.4 Å². The van der Waals surface area contributed by atoms with Gasteiger partial charge in [0.1, 0.15) is 11.6 Å². The van der Waals surface area contributed by atoms with E-state index in [4.69, 9.17) is 5.73 Å². The fourth-order valence-corrected chi connectivity index (χ4v) is 5.52. The van der Waals surface area contributed by atoms with Crippen LogP contribution in [0.5, 0.6) is 0 Å². The molecule has 5 nitrogen and oxygen atoms in total. The molecule has 1 aliphatic rings. The SMILES string of the molecule is CC1(C)C(=C=O)N(CCc2ccsc2)c2cc(C(N)=O)cc(-c3c[nH]c4ccccc34)c21. The first kappa shape index (κ1) is 20.3. The van der Waals surface area contributed by atoms with Crippen LogP contribution < -0.4 is 10.6 Å². The smallest absolute Gasteiger partial charge is 0.248 e. The summed E-state index contributed by atoms with van der Waals surface area (Å²) < 4.78 is 0. The zero-order valence-electron chi connectivity index (χ0n) is 17.9. The van der Waals surface area contributed by atoms with Crippen LogP contribution in [0, 0.1) is 0 Å². The molecule has 1 aliphatic heterocycles. The Balaban J connectivity index is 1.75. The number of benzene rings is 2. The molecule has 0 fully saturated rings. The van der Waals surface area contributed by atoms with E-state index in [1.807, 2.05) is 60.7 Å². The van der Waals surface area contributed by atoms with Crippen molar-refractivity contribution >= 4 is 39.8 Å². The van der Waals surface area contributed by atoms with E-state index in [0.717, 1.165) is 39.7 Å². The van der Waals surface area contributed by atoms with Crippen molar-refractivity contribution in [3.8, 4) is 11.1 Å². The maximum Gasteiger partial charge on any atom is 0.248 e. The number of aromatic amines is 1. The molecule has 0 saturated carbocycles. The predicted molar refractivity (Wildman–Crippen MR) is 130 cm³/mol. The van der Waals surface area contributed by atoms with Gasteiger partial charge in [-0.25, -0.2) is 4.79 Å². The van der Waals surface area contributed by atoms with Gasteiger partial charge >= 0.3 is 0 Å². The highest BCUT2D eigenvalue weighted by Crippen LogP contribution is 2.52. The number of nitrogens with one attached hydrogen (secondary N) is 1. The van der Waals surface area contributed by atoms with Crippen molar-refractivity contribution in [3.05, 3.63) is 81.8 Å². The first-order valence-electron chi connectivity index (χ1n) is 10.5. The first-order valence-corrected chi connectivity index (χ1v) is 11.4. The van der Waals surface area contributed by atoms with Gasteiger partial charge in [-0.3, -0.25) is 4.79 Å². The highest BCUT2D eigenvalue weighted by molar-refractivity contribution is 7.07. The summed E-state index contributed by atoms with van der Waals surface area (Å²) in [5.74, 6) is 1.72. The molecule has 3 N–H and O–H groups in total. The maximum absolute atomic E-state index is 12.3. The van der Waals surface area contributed by atoms with Gasteiger partial charge in [-0.1, -0.05) is 18.2 Å². The first-order chi connectivity index (χ1) is 15.4. The van der Waals surface area contributed by atoms with E-state index in [0.29, 0.717) is 17.8 Å². The van der Waals surface area contributed by atoms with E-state index in [1.165, 1.54) is 5.56 Å². The second-order valence-corrected chi connectivity index (χ2v) is 9.42. The summed E-state index contributed by atoms with van der Waals surface area (Å²) in [6.45, 7) is 4.70. The van der Waals surface area contributed by atoms with E-state index < -0.39 is 11.3 Å². The molecule has 0 spiro atoms. The summed E-state index contributed by atoms with van der Waals surface area (Å²) in [6, 6.07) is 13.8. The summed E-state index contributed by atoms with van der Waals surface area (Å²) >= 11 is 1.65. The topological polar surface area (TPSA) is 79.2 Å². The predicted octanol–water partition coefficient (Wildman–Crippen LogP) is 5.05. The molecule has 0 saturated heterocycles. The molecule has 0 bridgehead atoms. The van der Waals surface area contributed by atoms with Crippen LogP contribution in [-0.4, -0.2) is 23.4 Å². The highest BCUT2D eigenvalue weighted by atomic mass is 32.1. The minimum absolute atomic E-state index is 0.424. The molecule has 160 valence electrons. The zero-order chi connectivity index (χ0) is 22.5. The van der Waals surface area contributed by atoms with Gasteiger partial charge in [-0.05, 0) is 72.0 Å².